The number of thiophene rings is 1. The standard InChI is InChI=1S/C18H22ClN3O2S/c1-12(21-18(24)13-7-4-5-8-14(13)19)17(23)20-11-15(22(2)3)16-9-6-10-25-16/h4-10,12,15H,11H2,1-3H3,(H,20,23)(H,21,24). The maximum absolute atomic E-state index is 12.3. The number of amides is 2. The summed E-state index contributed by atoms with van der Waals surface area (Å²) in [7, 11) is 3.94. The van der Waals surface area contributed by atoms with E-state index < -0.39 is 6.04 Å². The van der Waals surface area contributed by atoms with Crippen molar-refractivity contribution in [1.82, 2.24) is 15.5 Å². The number of nitrogens with one attached hydrogen (secondary N) is 2. The van der Waals surface area contributed by atoms with Gasteiger partial charge in [-0.15, -0.1) is 11.3 Å². The molecular weight excluding hydrogens is 358 g/mol. The maximum Gasteiger partial charge on any atom is 0.253 e. The van der Waals surface area contributed by atoms with Crippen LogP contribution in [0.25, 0.3) is 0 Å². The van der Waals surface area contributed by atoms with Crippen molar-refractivity contribution in [2.75, 3.05) is 20.6 Å². The van der Waals surface area contributed by atoms with Crippen LogP contribution in [0.3, 0.4) is 0 Å². The van der Waals surface area contributed by atoms with Crippen molar-refractivity contribution in [3.8, 4) is 0 Å². The van der Waals surface area contributed by atoms with E-state index >= 15 is 0 Å². The predicted molar refractivity (Wildman–Crippen MR) is 102 cm³/mol. The Balaban J connectivity index is 1.91. The van der Waals surface area contributed by atoms with Crippen LogP contribution in [-0.4, -0.2) is 43.4 Å². The molecule has 2 aromatic rings. The lowest BCUT2D eigenvalue weighted by molar-refractivity contribution is -0.122. The van der Waals surface area contributed by atoms with Crippen LogP contribution in [0.4, 0.5) is 0 Å². The molecule has 0 spiro atoms. The van der Waals surface area contributed by atoms with E-state index in [1.54, 1.807) is 42.5 Å². The number of nitrogens with zero attached hydrogens (tertiary/aromatic N) is 1. The predicted octanol–water partition coefficient (Wildman–Crippen LogP) is 2.94. The van der Waals surface area contributed by atoms with Gasteiger partial charge in [-0.3, -0.25) is 9.59 Å². The van der Waals surface area contributed by atoms with Gasteiger partial charge in [-0.25, -0.2) is 0 Å². The molecule has 2 amide bonds. The average molecular weight is 380 g/mol. The van der Waals surface area contributed by atoms with Crippen LogP contribution in [-0.2, 0) is 4.79 Å². The highest BCUT2D eigenvalue weighted by Crippen LogP contribution is 2.22. The number of halogens is 1. The Labute approximate surface area is 157 Å². The third kappa shape index (κ3) is 5.29. The Morgan fingerprint density at radius 3 is 2.52 bits per heavy atom. The molecule has 0 saturated carbocycles. The van der Waals surface area contributed by atoms with Crippen LogP contribution >= 0.6 is 22.9 Å². The van der Waals surface area contributed by atoms with E-state index in [-0.39, 0.29) is 17.9 Å². The van der Waals surface area contributed by atoms with Crippen LogP contribution in [0.2, 0.25) is 5.02 Å². The molecule has 7 heteroatoms. The molecule has 2 N–H and O–H groups in total. The summed E-state index contributed by atoms with van der Waals surface area (Å²) < 4.78 is 0. The first-order valence-electron chi connectivity index (χ1n) is 7.93. The van der Waals surface area contributed by atoms with Crippen LogP contribution in [0, 0.1) is 0 Å². The molecule has 0 aliphatic rings. The van der Waals surface area contributed by atoms with Gasteiger partial charge >= 0.3 is 0 Å². The van der Waals surface area contributed by atoms with Gasteiger partial charge in [-0.2, -0.15) is 0 Å². The van der Waals surface area contributed by atoms with Crippen molar-refractivity contribution in [3.63, 3.8) is 0 Å². The van der Waals surface area contributed by atoms with Gasteiger partial charge in [-0.05, 0) is 44.6 Å². The van der Waals surface area contributed by atoms with Crippen molar-refractivity contribution in [3.05, 3.63) is 57.2 Å². The first-order valence-corrected chi connectivity index (χ1v) is 9.19. The highest BCUT2D eigenvalue weighted by atomic mass is 35.5. The molecule has 1 aromatic heterocycles. The SMILES string of the molecule is CC(NC(=O)c1ccccc1Cl)C(=O)NCC(c1cccs1)N(C)C. The van der Waals surface area contributed by atoms with Crippen molar-refractivity contribution >= 4 is 34.8 Å². The molecule has 0 fully saturated rings. The first-order chi connectivity index (χ1) is 11.9. The Kier molecular flexibility index (Phi) is 6.99. The zero-order valence-corrected chi connectivity index (χ0v) is 16.0. The van der Waals surface area contributed by atoms with E-state index in [2.05, 4.69) is 15.5 Å². The minimum atomic E-state index is -0.657. The molecule has 134 valence electrons. The zero-order valence-electron chi connectivity index (χ0n) is 14.5. The quantitative estimate of drug-likeness (QED) is 0.777. The van der Waals surface area contributed by atoms with Gasteiger partial charge in [0.15, 0.2) is 0 Å². The van der Waals surface area contributed by atoms with Crippen molar-refractivity contribution in [1.29, 1.82) is 0 Å². The van der Waals surface area contributed by atoms with Gasteiger partial charge in [0.1, 0.15) is 6.04 Å². The lowest BCUT2D eigenvalue weighted by atomic mass is 10.2. The number of likely N-dealkylation sites (N-methyl/N-ethyl adjacent to an activating group) is 1. The molecule has 0 bridgehead atoms. The minimum Gasteiger partial charge on any atom is -0.352 e. The second-order valence-electron chi connectivity index (χ2n) is 5.91. The summed E-state index contributed by atoms with van der Waals surface area (Å²) in [5.74, 6) is -0.598. The van der Waals surface area contributed by atoms with E-state index in [1.165, 1.54) is 4.88 Å². The van der Waals surface area contributed by atoms with Crippen molar-refractivity contribution < 1.29 is 9.59 Å². The maximum atomic E-state index is 12.3. The number of hydrogen-bond acceptors (Lipinski definition) is 4. The van der Waals surface area contributed by atoms with E-state index in [1.807, 2.05) is 31.6 Å². The molecule has 25 heavy (non-hydrogen) atoms. The highest BCUT2D eigenvalue weighted by Gasteiger charge is 2.21. The lowest BCUT2D eigenvalue weighted by Gasteiger charge is -2.24. The molecule has 0 saturated heterocycles. The zero-order chi connectivity index (χ0) is 18.4. The van der Waals surface area contributed by atoms with Crippen LogP contribution in [0.15, 0.2) is 41.8 Å². The fourth-order valence-corrected chi connectivity index (χ4v) is 3.50. The number of carbonyl (C=O) groups is 2. The number of carbonyl (C=O) groups excluding carboxylic acids is 2. The molecule has 2 atom stereocenters. The Morgan fingerprint density at radius 2 is 1.92 bits per heavy atom. The van der Waals surface area contributed by atoms with Gasteiger partial charge in [0.25, 0.3) is 5.91 Å². The third-order valence-corrected chi connectivity index (χ3v) is 5.13. The van der Waals surface area contributed by atoms with Gasteiger partial charge in [0, 0.05) is 11.4 Å². The number of hydrogen-bond donors (Lipinski definition) is 2. The fraction of sp³-hybridized carbons (Fsp3) is 0.333. The highest BCUT2D eigenvalue weighted by molar-refractivity contribution is 7.10. The molecule has 0 aliphatic carbocycles. The normalized spacial score (nSPS) is 13.3. The van der Waals surface area contributed by atoms with Crippen LogP contribution < -0.4 is 10.6 Å². The minimum absolute atomic E-state index is 0.0930. The fourth-order valence-electron chi connectivity index (χ4n) is 2.35. The summed E-state index contributed by atoms with van der Waals surface area (Å²) in [6.07, 6.45) is 0. The third-order valence-electron chi connectivity index (χ3n) is 3.82. The summed E-state index contributed by atoms with van der Waals surface area (Å²) in [6, 6.07) is 10.2. The van der Waals surface area contributed by atoms with Gasteiger partial charge in [0.05, 0.1) is 16.6 Å². The largest absolute Gasteiger partial charge is 0.352 e. The lowest BCUT2D eigenvalue weighted by Crippen LogP contribution is -2.46. The van der Waals surface area contributed by atoms with Gasteiger partial charge < -0.3 is 15.5 Å². The molecule has 2 unspecified atom stereocenters. The molecule has 0 aliphatic heterocycles. The van der Waals surface area contributed by atoms with Crippen LogP contribution in [0.1, 0.15) is 28.2 Å². The average Bonchev–Trinajstić information content (AvgIpc) is 3.09. The monoisotopic (exact) mass is 379 g/mol. The second-order valence-corrected chi connectivity index (χ2v) is 7.30. The molecule has 1 aromatic carbocycles. The van der Waals surface area contributed by atoms with Gasteiger partial charge in [0.2, 0.25) is 5.91 Å². The summed E-state index contributed by atoms with van der Waals surface area (Å²) in [6.45, 7) is 2.12. The summed E-state index contributed by atoms with van der Waals surface area (Å²) in [5, 5.41) is 7.95. The molecule has 1 heterocycles. The first kappa shape index (κ1) is 19.4. The Morgan fingerprint density at radius 1 is 1.20 bits per heavy atom. The number of benzene rings is 1. The number of rotatable bonds is 7. The van der Waals surface area contributed by atoms with E-state index in [0.717, 1.165) is 0 Å². The summed E-state index contributed by atoms with van der Waals surface area (Å²) >= 11 is 7.66. The van der Waals surface area contributed by atoms with Crippen molar-refractivity contribution in [2.24, 2.45) is 0 Å². The van der Waals surface area contributed by atoms with E-state index in [9.17, 15) is 9.59 Å². The summed E-state index contributed by atoms with van der Waals surface area (Å²) in [5.41, 5.74) is 0.355. The Hall–Kier alpha value is -1.89. The van der Waals surface area contributed by atoms with E-state index in [0.29, 0.717) is 17.1 Å². The molecular formula is C18H22ClN3O2S. The molecule has 2 rings (SSSR count). The second kappa shape index (κ2) is 8.99. The van der Waals surface area contributed by atoms with Crippen molar-refractivity contribution in [2.45, 2.75) is 19.0 Å². The topological polar surface area (TPSA) is 61.4 Å². The smallest absolute Gasteiger partial charge is 0.253 e. The molecule has 5 nitrogen and oxygen atoms in total. The van der Waals surface area contributed by atoms with Gasteiger partial charge in [-0.1, -0.05) is 29.8 Å². The van der Waals surface area contributed by atoms with Crippen LogP contribution in [0.5, 0.6) is 0 Å². The van der Waals surface area contributed by atoms with E-state index in [4.69, 9.17) is 11.6 Å². The molecule has 0 radical (unpaired) electrons. The summed E-state index contributed by atoms with van der Waals surface area (Å²) in [4.78, 5) is 27.8. The Bertz CT molecular complexity index is 719.